The van der Waals surface area contributed by atoms with Crippen molar-refractivity contribution < 1.29 is 4.79 Å². The lowest BCUT2D eigenvalue weighted by Crippen LogP contribution is -2.19. The van der Waals surface area contributed by atoms with Crippen LogP contribution in [0, 0.1) is 27.7 Å². The molecule has 9 heteroatoms. The van der Waals surface area contributed by atoms with Gasteiger partial charge in [0.2, 0.25) is 0 Å². The van der Waals surface area contributed by atoms with Gasteiger partial charge in [-0.25, -0.2) is 15.4 Å². The number of nitrogens with one attached hydrogen (secondary N) is 1. The second-order valence-electron chi connectivity index (χ2n) is 6.78. The van der Waals surface area contributed by atoms with Crippen molar-refractivity contribution in [1.82, 2.24) is 20.0 Å². The number of hydrogen-bond acceptors (Lipinski definition) is 5. The van der Waals surface area contributed by atoms with Crippen LogP contribution in [0.2, 0.25) is 5.02 Å². The van der Waals surface area contributed by atoms with Gasteiger partial charge in [0.05, 0.1) is 17.0 Å². The molecule has 3 aromatic rings. The molecule has 6 nitrogen and oxygen atoms in total. The second-order valence-corrected chi connectivity index (χ2v) is 8.98. The van der Waals surface area contributed by atoms with Gasteiger partial charge in [-0.2, -0.15) is 5.10 Å². The van der Waals surface area contributed by atoms with Crippen LogP contribution in [0.5, 0.6) is 0 Å². The van der Waals surface area contributed by atoms with Crippen molar-refractivity contribution in [2.75, 3.05) is 5.75 Å². The molecule has 1 N–H and O–H groups in total. The van der Waals surface area contributed by atoms with Crippen molar-refractivity contribution in [2.45, 2.75) is 32.9 Å². The average Bonchev–Trinajstić information content (AvgIpc) is 2.95. The number of amides is 1. The van der Waals surface area contributed by atoms with Crippen LogP contribution in [0.4, 0.5) is 0 Å². The van der Waals surface area contributed by atoms with E-state index < -0.39 is 0 Å². The Morgan fingerprint density at radius 3 is 2.57 bits per heavy atom. The summed E-state index contributed by atoms with van der Waals surface area (Å²) in [6.45, 7) is 7.82. The lowest BCUT2D eigenvalue weighted by molar-refractivity contribution is -0.118. The number of hydrogen-bond donors (Lipinski definition) is 1. The SMILES string of the molecule is Cc1cc(C)nc(SCC(=O)N/N=C\c2cc(C)n(-c3ccc(Br)c(Cl)c3)c2C)n1. The van der Waals surface area contributed by atoms with Gasteiger partial charge < -0.3 is 4.57 Å². The van der Waals surface area contributed by atoms with Gasteiger partial charge in [-0.3, -0.25) is 4.79 Å². The molecule has 3 rings (SSSR count). The van der Waals surface area contributed by atoms with E-state index in [9.17, 15) is 4.79 Å². The van der Waals surface area contributed by atoms with Gasteiger partial charge in [-0.15, -0.1) is 0 Å². The molecule has 0 atom stereocenters. The molecule has 0 saturated heterocycles. The summed E-state index contributed by atoms with van der Waals surface area (Å²) in [4.78, 5) is 20.7. The van der Waals surface area contributed by atoms with E-state index in [1.165, 1.54) is 11.8 Å². The highest BCUT2D eigenvalue weighted by Gasteiger charge is 2.11. The molecular formula is C21H21BrClN5OS. The average molecular weight is 507 g/mol. The molecule has 0 radical (unpaired) electrons. The van der Waals surface area contributed by atoms with Crippen molar-refractivity contribution in [3.05, 3.63) is 68.2 Å². The Balaban J connectivity index is 1.65. The zero-order chi connectivity index (χ0) is 21.8. The molecule has 0 aliphatic rings. The number of halogens is 2. The van der Waals surface area contributed by atoms with Crippen LogP contribution in [-0.4, -0.2) is 32.4 Å². The first-order valence-corrected chi connectivity index (χ1v) is 11.3. The fourth-order valence-electron chi connectivity index (χ4n) is 3.03. The highest BCUT2D eigenvalue weighted by molar-refractivity contribution is 9.10. The minimum atomic E-state index is -0.215. The normalized spacial score (nSPS) is 11.3. The van der Waals surface area contributed by atoms with Crippen LogP contribution in [0.3, 0.4) is 0 Å². The van der Waals surface area contributed by atoms with Crippen molar-refractivity contribution >= 4 is 51.4 Å². The largest absolute Gasteiger partial charge is 0.318 e. The number of carbonyl (C=O) groups excluding carboxylic acids is 1. The third-order valence-corrected chi connectivity index (χ3v) is 6.40. The Kier molecular flexibility index (Phi) is 7.33. The Hall–Kier alpha value is -2.16. The summed E-state index contributed by atoms with van der Waals surface area (Å²) in [5.41, 5.74) is 8.24. The van der Waals surface area contributed by atoms with Crippen LogP contribution in [0.1, 0.15) is 28.3 Å². The molecular weight excluding hydrogens is 486 g/mol. The van der Waals surface area contributed by atoms with Crippen LogP contribution < -0.4 is 5.43 Å². The van der Waals surface area contributed by atoms with E-state index in [1.54, 1.807) is 6.21 Å². The molecule has 0 fully saturated rings. The zero-order valence-corrected chi connectivity index (χ0v) is 20.2. The van der Waals surface area contributed by atoms with Crippen LogP contribution in [0.25, 0.3) is 5.69 Å². The smallest absolute Gasteiger partial charge is 0.250 e. The van der Waals surface area contributed by atoms with E-state index >= 15 is 0 Å². The first-order chi connectivity index (χ1) is 14.2. The highest BCUT2D eigenvalue weighted by atomic mass is 79.9. The third kappa shape index (κ3) is 5.50. The molecule has 0 spiro atoms. The monoisotopic (exact) mass is 505 g/mol. The van der Waals surface area contributed by atoms with E-state index in [0.717, 1.165) is 38.5 Å². The molecule has 0 aliphatic heterocycles. The van der Waals surface area contributed by atoms with Gasteiger partial charge in [0, 0.05) is 38.5 Å². The Bertz CT molecular complexity index is 1110. The highest BCUT2D eigenvalue weighted by Crippen LogP contribution is 2.27. The summed E-state index contributed by atoms with van der Waals surface area (Å²) in [5.74, 6) is -0.0242. The number of aryl methyl sites for hydroxylation is 3. The zero-order valence-electron chi connectivity index (χ0n) is 17.0. The van der Waals surface area contributed by atoms with E-state index in [4.69, 9.17) is 11.6 Å². The van der Waals surface area contributed by atoms with Gasteiger partial charge in [-0.1, -0.05) is 23.4 Å². The molecule has 0 bridgehead atoms. The van der Waals surface area contributed by atoms with Crippen LogP contribution in [-0.2, 0) is 4.79 Å². The van der Waals surface area contributed by atoms with E-state index in [0.29, 0.717) is 10.2 Å². The fourth-order valence-corrected chi connectivity index (χ4v) is 4.20. The quantitative estimate of drug-likeness (QED) is 0.217. The van der Waals surface area contributed by atoms with E-state index in [-0.39, 0.29) is 11.7 Å². The molecule has 0 aliphatic carbocycles. The van der Waals surface area contributed by atoms with E-state index in [1.807, 2.05) is 58.0 Å². The van der Waals surface area contributed by atoms with Crippen molar-refractivity contribution in [3.63, 3.8) is 0 Å². The summed E-state index contributed by atoms with van der Waals surface area (Å²) >= 11 is 10.9. The summed E-state index contributed by atoms with van der Waals surface area (Å²) in [7, 11) is 0. The molecule has 0 saturated carbocycles. The maximum absolute atomic E-state index is 12.1. The molecule has 2 aromatic heterocycles. The molecule has 1 aromatic carbocycles. The predicted octanol–water partition coefficient (Wildman–Crippen LogP) is 5.16. The van der Waals surface area contributed by atoms with Crippen LogP contribution in [0.15, 0.2) is 45.1 Å². The molecule has 156 valence electrons. The summed E-state index contributed by atoms with van der Waals surface area (Å²) < 4.78 is 2.94. The van der Waals surface area contributed by atoms with Gasteiger partial charge in [0.15, 0.2) is 5.16 Å². The fraction of sp³-hybridized carbons (Fsp3) is 0.238. The van der Waals surface area contributed by atoms with Gasteiger partial charge in [-0.05, 0) is 74.0 Å². The molecule has 0 unspecified atom stereocenters. The van der Waals surface area contributed by atoms with Gasteiger partial charge >= 0.3 is 0 Å². The topological polar surface area (TPSA) is 72.2 Å². The number of hydrazone groups is 1. The number of aromatic nitrogens is 3. The first kappa shape index (κ1) is 22.5. The Labute approximate surface area is 193 Å². The number of nitrogens with zero attached hydrogens (tertiary/aromatic N) is 4. The number of carbonyl (C=O) groups is 1. The lowest BCUT2D eigenvalue weighted by Gasteiger charge is -2.10. The maximum Gasteiger partial charge on any atom is 0.250 e. The summed E-state index contributed by atoms with van der Waals surface area (Å²) in [6, 6.07) is 9.72. The molecule has 30 heavy (non-hydrogen) atoms. The second kappa shape index (κ2) is 9.76. The number of rotatable bonds is 6. The number of benzene rings is 1. The van der Waals surface area contributed by atoms with Crippen LogP contribution >= 0.6 is 39.3 Å². The van der Waals surface area contributed by atoms with Gasteiger partial charge in [0.25, 0.3) is 5.91 Å². The lowest BCUT2D eigenvalue weighted by atomic mass is 10.2. The maximum atomic E-state index is 12.1. The van der Waals surface area contributed by atoms with Crippen molar-refractivity contribution in [2.24, 2.45) is 5.10 Å². The first-order valence-electron chi connectivity index (χ1n) is 9.16. The van der Waals surface area contributed by atoms with Crippen molar-refractivity contribution in [1.29, 1.82) is 0 Å². The van der Waals surface area contributed by atoms with Crippen molar-refractivity contribution in [3.8, 4) is 5.69 Å². The Morgan fingerprint density at radius 2 is 1.90 bits per heavy atom. The predicted molar refractivity (Wildman–Crippen MR) is 126 cm³/mol. The molecule has 1 amide bonds. The third-order valence-electron chi connectivity index (χ3n) is 4.32. The van der Waals surface area contributed by atoms with Gasteiger partial charge in [0.1, 0.15) is 0 Å². The summed E-state index contributed by atoms with van der Waals surface area (Å²) in [6.07, 6.45) is 1.65. The minimum absolute atomic E-state index is 0.191. The summed E-state index contributed by atoms with van der Waals surface area (Å²) in [5, 5.41) is 5.34. The number of thioether (sulfide) groups is 1. The standard InChI is InChI=1S/C21H21BrClN5OS/c1-12-7-13(2)26-21(25-12)30-11-20(29)27-24-10-16-8-14(3)28(15(16)4)17-5-6-18(22)19(23)9-17/h5-10H,11H2,1-4H3,(H,27,29)/b24-10-. The minimum Gasteiger partial charge on any atom is -0.318 e. The van der Waals surface area contributed by atoms with E-state index in [2.05, 4.69) is 41.0 Å². The Morgan fingerprint density at radius 1 is 1.20 bits per heavy atom. The molecule has 2 heterocycles.